The van der Waals surface area contributed by atoms with Crippen molar-refractivity contribution in [1.29, 1.82) is 0 Å². The third-order valence-electron chi connectivity index (χ3n) is 3.53. The zero-order chi connectivity index (χ0) is 12.5. The van der Waals surface area contributed by atoms with Gasteiger partial charge in [-0.3, -0.25) is 4.98 Å². The Labute approximate surface area is 112 Å². The first kappa shape index (κ1) is 11.8. The fourth-order valence-corrected chi connectivity index (χ4v) is 2.65. The van der Waals surface area contributed by atoms with Crippen LogP contribution in [0.2, 0.25) is 5.02 Å². The van der Waals surface area contributed by atoms with Crippen LogP contribution in [0.4, 0.5) is 5.69 Å². The molecule has 1 aliphatic heterocycles. The topological polar surface area (TPSA) is 28.2 Å². The van der Waals surface area contributed by atoms with Crippen molar-refractivity contribution in [3.05, 3.63) is 35.0 Å². The number of aryl methyl sites for hydroxylation is 1. The minimum absolute atomic E-state index is 0.785. The summed E-state index contributed by atoms with van der Waals surface area (Å²) in [5.41, 5.74) is 3.34. The first-order chi connectivity index (χ1) is 8.77. The molecule has 0 unspecified atom stereocenters. The number of pyridine rings is 1. The highest BCUT2D eigenvalue weighted by molar-refractivity contribution is 6.32. The van der Waals surface area contributed by atoms with Crippen molar-refractivity contribution in [3.8, 4) is 0 Å². The Bertz CT molecular complexity index is 577. The molecule has 3 rings (SSSR count). The molecule has 0 bridgehead atoms. The maximum Gasteiger partial charge on any atom is 0.0766 e. The summed E-state index contributed by atoms with van der Waals surface area (Å²) >= 11 is 6.16. The molecule has 94 valence electrons. The van der Waals surface area contributed by atoms with Gasteiger partial charge in [0, 0.05) is 48.5 Å². The second-order valence-electron chi connectivity index (χ2n) is 4.64. The van der Waals surface area contributed by atoms with Gasteiger partial charge in [-0.1, -0.05) is 11.6 Å². The molecule has 1 aliphatic rings. The van der Waals surface area contributed by atoms with E-state index in [0.717, 1.165) is 42.3 Å². The number of aromatic nitrogens is 1. The zero-order valence-electron chi connectivity index (χ0n) is 10.4. The lowest BCUT2D eigenvalue weighted by Crippen LogP contribution is -2.43. The summed E-state index contributed by atoms with van der Waals surface area (Å²) in [6.45, 7) is 6.19. The first-order valence-electron chi connectivity index (χ1n) is 6.27. The van der Waals surface area contributed by atoms with Crippen LogP contribution in [0.25, 0.3) is 10.9 Å². The highest BCUT2D eigenvalue weighted by atomic mass is 35.5. The predicted molar refractivity (Wildman–Crippen MR) is 76.6 cm³/mol. The fourth-order valence-electron chi connectivity index (χ4n) is 2.50. The van der Waals surface area contributed by atoms with Crippen LogP contribution in [0.15, 0.2) is 24.4 Å². The highest BCUT2D eigenvalue weighted by Gasteiger charge is 2.14. The number of nitrogens with zero attached hydrogens (tertiary/aromatic N) is 2. The molecule has 0 spiro atoms. The first-order valence-corrected chi connectivity index (χ1v) is 6.64. The molecule has 3 nitrogen and oxygen atoms in total. The highest BCUT2D eigenvalue weighted by Crippen LogP contribution is 2.30. The maximum absolute atomic E-state index is 6.16. The van der Waals surface area contributed by atoms with Gasteiger partial charge in [0.15, 0.2) is 0 Å². The van der Waals surface area contributed by atoms with Crippen LogP contribution in [0, 0.1) is 6.92 Å². The Kier molecular flexibility index (Phi) is 3.10. The van der Waals surface area contributed by atoms with Gasteiger partial charge >= 0.3 is 0 Å². The summed E-state index contributed by atoms with van der Waals surface area (Å²) in [6.07, 6.45) is 1.88. The molecule has 1 saturated heterocycles. The van der Waals surface area contributed by atoms with Gasteiger partial charge in [0.05, 0.1) is 5.52 Å². The third kappa shape index (κ3) is 1.93. The van der Waals surface area contributed by atoms with E-state index < -0.39 is 0 Å². The van der Waals surface area contributed by atoms with E-state index in [9.17, 15) is 0 Å². The van der Waals surface area contributed by atoms with Gasteiger partial charge in [-0.25, -0.2) is 0 Å². The lowest BCUT2D eigenvalue weighted by molar-refractivity contribution is 0.590. The predicted octanol–water partition coefficient (Wildman–Crippen LogP) is 2.61. The van der Waals surface area contributed by atoms with Crippen molar-refractivity contribution in [2.75, 3.05) is 31.1 Å². The summed E-state index contributed by atoms with van der Waals surface area (Å²) in [6, 6.07) is 6.14. The van der Waals surface area contributed by atoms with Crippen LogP contribution >= 0.6 is 11.6 Å². The summed E-state index contributed by atoms with van der Waals surface area (Å²) in [5, 5.41) is 5.35. The molecule has 0 aliphatic carbocycles. The third-order valence-corrected chi connectivity index (χ3v) is 3.94. The number of rotatable bonds is 1. The van der Waals surface area contributed by atoms with E-state index >= 15 is 0 Å². The van der Waals surface area contributed by atoms with E-state index in [4.69, 9.17) is 11.6 Å². The van der Waals surface area contributed by atoms with E-state index in [1.807, 2.05) is 19.2 Å². The molecule has 1 fully saturated rings. The maximum atomic E-state index is 6.16. The molecule has 4 heteroatoms. The van der Waals surface area contributed by atoms with Crippen molar-refractivity contribution >= 4 is 28.2 Å². The van der Waals surface area contributed by atoms with Crippen LogP contribution in [-0.2, 0) is 0 Å². The Morgan fingerprint density at radius 1 is 1.22 bits per heavy atom. The van der Waals surface area contributed by atoms with E-state index in [-0.39, 0.29) is 0 Å². The second kappa shape index (κ2) is 4.75. The number of halogens is 1. The lowest BCUT2D eigenvalue weighted by atomic mass is 10.1. The van der Waals surface area contributed by atoms with Crippen molar-refractivity contribution in [2.24, 2.45) is 0 Å². The minimum Gasteiger partial charge on any atom is -0.368 e. The van der Waals surface area contributed by atoms with Crippen LogP contribution in [0.3, 0.4) is 0 Å². The molecular weight excluding hydrogens is 246 g/mol. The number of hydrogen-bond acceptors (Lipinski definition) is 3. The Hall–Kier alpha value is -1.32. The normalized spacial score (nSPS) is 16.2. The molecule has 18 heavy (non-hydrogen) atoms. The number of hydrogen-bond donors (Lipinski definition) is 1. The zero-order valence-corrected chi connectivity index (χ0v) is 11.2. The van der Waals surface area contributed by atoms with Crippen molar-refractivity contribution in [1.82, 2.24) is 10.3 Å². The van der Waals surface area contributed by atoms with E-state index in [0.29, 0.717) is 0 Å². The molecule has 1 aromatic heterocycles. The number of anilines is 1. The van der Waals surface area contributed by atoms with E-state index in [1.165, 1.54) is 11.1 Å². The average molecular weight is 262 g/mol. The molecule has 1 N–H and O–H groups in total. The summed E-state index contributed by atoms with van der Waals surface area (Å²) in [4.78, 5) is 6.88. The minimum atomic E-state index is 0.785. The number of nitrogens with one attached hydrogen (secondary N) is 1. The molecule has 0 radical (unpaired) electrons. The van der Waals surface area contributed by atoms with Crippen LogP contribution in [0.1, 0.15) is 5.56 Å². The molecule has 1 aromatic carbocycles. The number of piperazine rings is 1. The molecule has 0 amide bonds. The average Bonchev–Trinajstić information content (AvgIpc) is 2.43. The smallest absolute Gasteiger partial charge is 0.0766 e. The van der Waals surface area contributed by atoms with Crippen molar-refractivity contribution in [2.45, 2.75) is 6.92 Å². The van der Waals surface area contributed by atoms with E-state index in [1.54, 1.807) is 0 Å². The standard InChI is InChI=1S/C14H16ClN3/c1-10-12(15)3-2-11-13(4-5-17-14(10)11)18-8-6-16-7-9-18/h2-5,16H,6-9H2,1H3. The van der Waals surface area contributed by atoms with Crippen LogP contribution < -0.4 is 10.2 Å². The largest absolute Gasteiger partial charge is 0.368 e. The van der Waals surface area contributed by atoms with Gasteiger partial charge in [0.1, 0.15) is 0 Å². The summed E-state index contributed by atoms with van der Waals surface area (Å²) in [5.74, 6) is 0. The Balaban J connectivity index is 2.14. The SMILES string of the molecule is Cc1c(Cl)ccc2c(N3CCNCC3)ccnc12. The molecule has 0 saturated carbocycles. The lowest BCUT2D eigenvalue weighted by Gasteiger charge is -2.30. The van der Waals surface area contributed by atoms with E-state index in [2.05, 4.69) is 27.3 Å². The summed E-state index contributed by atoms with van der Waals surface area (Å²) in [7, 11) is 0. The molecule has 2 heterocycles. The monoisotopic (exact) mass is 261 g/mol. The number of benzene rings is 1. The van der Waals surface area contributed by atoms with Crippen molar-refractivity contribution in [3.63, 3.8) is 0 Å². The van der Waals surface area contributed by atoms with Crippen molar-refractivity contribution < 1.29 is 0 Å². The Morgan fingerprint density at radius 2 is 2.00 bits per heavy atom. The summed E-state index contributed by atoms with van der Waals surface area (Å²) < 4.78 is 0. The van der Waals surface area contributed by atoms with Gasteiger partial charge in [0.2, 0.25) is 0 Å². The van der Waals surface area contributed by atoms with Crippen LogP contribution in [-0.4, -0.2) is 31.2 Å². The van der Waals surface area contributed by atoms with Gasteiger partial charge in [-0.15, -0.1) is 0 Å². The molecular formula is C14H16ClN3. The van der Waals surface area contributed by atoms with Gasteiger partial charge in [-0.2, -0.15) is 0 Å². The molecule has 0 atom stereocenters. The number of fused-ring (bicyclic) bond motifs is 1. The van der Waals surface area contributed by atoms with Gasteiger partial charge in [-0.05, 0) is 30.7 Å². The van der Waals surface area contributed by atoms with Gasteiger partial charge in [0.25, 0.3) is 0 Å². The van der Waals surface area contributed by atoms with Gasteiger partial charge < -0.3 is 10.2 Å². The quantitative estimate of drug-likeness (QED) is 0.855. The fraction of sp³-hybridized carbons (Fsp3) is 0.357. The molecule has 2 aromatic rings. The van der Waals surface area contributed by atoms with Crippen LogP contribution in [0.5, 0.6) is 0 Å². The Morgan fingerprint density at radius 3 is 2.78 bits per heavy atom. The second-order valence-corrected chi connectivity index (χ2v) is 5.04.